The number of pyridine rings is 1. The van der Waals surface area contributed by atoms with Crippen molar-refractivity contribution >= 4 is 44.2 Å². The van der Waals surface area contributed by atoms with E-state index in [-0.39, 0.29) is 12.5 Å². The number of fused-ring (bicyclic) bond motifs is 1. The van der Waals surface area contributed by atoms with Gasteiger partial charge >= 0.3 is 6.18 Å². The van der Waals surface area contributed by atoms with E-state index in [9.17, 15) is 18.0 Å². The van der Waals surface area contributed by atoms with Gasteiger partial charge in [0.2, 0.25) is 0 Å². The number of carbonyl (C=O) groups excluding carboxylic acids is 1. The van der Waals surface area contributed by atoms with Crippen LogP contribution in [0, 0.1) is 0 Å². The van der Waals surface area contributed by atoms with Gasteiger partial charge in [0.05, 0.1) is 15.3 Å². The molecule has 4 N–H and O–H groups in total. The van der Waals surface area contributed by atoms with Crippen LogP contribution < -0.4 is 11.1 Å². The molecule has 0 aliphatic carbocycles. The summed E-state index contributed by atoms with van der Waals surface area (Å²) in [5.41, 5.74) is 7.47. The lowest BCUT2D eigenvalue weighted by atomic mass is 10.0. The van der Waals surface area contributed by atoms with Gasteiger partial charge < -0.3 is 16.0 Å². The zero-order valence-electron chi connectivity index (χ0n) is 16.5. The third-order valence-electron chi connectivity index (χ3n) is 5.00. The van der Waals surface area contributed by atoms with Gasteiger partial charge in [-0.2, -0.15) is 13.2 Å². The minimum atomic E-state index is -4.38. The van der Waals surface area contributed by atoms with Crippen LogP contribution in [0.1, 0.15) is 20.8 Å². The third kappa shape index (κ3) is 4.72. The largest absolute Gasteiger partial charge is 0.416 e. The zero-order chi connectivity index (χ0) is 22.9. The van der Waals surface area contributed by atoms with Crippen LogP contribution in [0.15, 0.2) is 59.3 Å². The smallest absolute Gasteiger partial charge is 0.347 e. The van der Waals surface area contributed by atoms with Crippen molar-refractivity contribution in [3.63, 3.8) is 0 Å². The number of benzene rings is 1. The Morgan fingerprint density at radius 2 is 1.97 bits per heavy atom. The second kappa shape index (κ2) is 9.05. The predicted octanol–water partition coefficient (Wildman–Crippen LogP) is 5.37. The highest BCUT2D eigenvalue weighted by atomic mass is 79.9. The number of hydrogen-bond donors (Lipinski definition) is 3. The number of amides is 1. The Kier molecular flexibility index (Phi) is 6.36. The minimum Gasteiger partial charge on any atom is -0.347 e. The van der Waals surface area contributed by atoms with Crippen molar-refractivity contribution < 1.29 is 18.0 Å². The normalized spacial score (nSPS) is 12.8. The molecule has 4 aromatic rings. The van der Waals surface area contributed by atoms with Crippen LogP contribution in [0.3, 0.4) is 0 Å². The van der Waals surface area contributed by atoms with E-state index in [2.05, 4.69) is 31.2 Å². The highest BCUT2D eigenvalue weighted by Gasteiger charge is 2.30. The molecule has 3 aromatic heterocycles. The molecule has 5 nitrogen and oxygen atoms in total. The summed E-state index contributed by atoms with van der Waals surface area (Å²) in [6.45, 7) is 0.153. The lowest BCUT2D eigenvalue weighted by Gasteiger charge is -2.17. The summed E-state index contributed by atoms with van der Waals surface area (Å²) in [6, 6.07) is 10.0. The molecule has 10 heteroatoms. The molecular weight excluding hydrogens is 505 g/mol. The molecule has 0 bridgehead atoms. The third-order valence-corrected chi connectivity index (χ3v) is 7.05. The molecule has 1 atom stereocenters. The number of nitrogens with two attached hydrogens (primary N) is 1. The van der Waals surface area contributed by atoms with Gasteiger partial charge in [-0.3, -0.25) is 4.79 Å². The van der Waals surface area contributed by atoms with Gasteiger partial charge in [-0.1, -0.05) is 12.1 Å². The lowest BCUT2D eigenvalue weighted by Crippen LogP contribution is -2.41. The first-order valence-corrected chi connectivity index (χ1v) is 11.3. The Morgan fingerprint density at radius 3 is 2.66 bits per heavy atom. The summed E-state index contributed by atoms with van der Waals surface area (Å²) in [5, 5.41) is 3.83. The SMILES string of the molecule is NC[C@@H](Cc1ccc(C(F)(F)F)cc1)NC(=O)c1cc(Br)c(-c2ccnc3[nH]ccc23)s1. The molecule has 0 fully saturated rings. The molecular formula is C22H18BrF3N4OS. The maximum Gasteiger partial charge on any atom is 0.416 e. The molecule has 4 rings (SSSR count). The van der Waals surface area contributed by atoms with Gasteiger partial charge in [0, 0.05) is 40.4 Å². The molecule has 0 unspecified atom stereocenters. The second-order valence-corrected chi connectivity index (χ2v) is 9.10. The number of aromatic nitrogens is 2. The summed E-state index contributed by atoms with van der Waals surface area (Å²) >= 11 is 4.88. The molecule has 3 heterocycles. The Labute approximate surface area is 194 Å². The summed E-state index contributed by atoms with van der Waals surface area (Å²) in [5.74, 6) is -0.288. The predicted molar refractivity (Wildman–Crippen MR) is 123 cm³/mol. The lowest BCUT2D eigenvalue weighted by molar-refractivity contribution is -0.137. The van der Waals surface area contributed by atoms with Crippen LogP contribution in [0.2, 0.25) is 0 Å². The Hall–Kier alpha value is -2.69. The van der Waals surface area contributed by atoms with Gasteiger partial charge in [0.1, 0.15) is 5.65 Å². The van der Waals surface area contributed by atoms with Crippen LogP contribution in [0.4, 0.5) is 13.2 Å². The first kappa shape index (κ1) is 22.5. The van der Waals surface area contributed by atoms with Crippen LogP contribution in [-0.2, 0) is 12.6 Å². The van der Waals surface area contributed by atoms with E-state index < -0.39 is 17.8 Å². The number of aromatic amines is 1. The summed E-state index contributed by atoms with van der Waals surface area (Å²) in [6.07, 6.45) is -0.544. The molecule has 0 spiro atoms. The molecule has 166 valence electrons. The number of alkyl halides is 3. The van der Waals surface area contributed by atoms with E-state index in [0.29, 0.717) is 16.9 Å². The van der Waals surface area contributed by atoms with Crippen molar-refractivity contribution in [1.29, 1.82) is 0 Å². The molecule has 0 aliphatic heterocycles. The highest BCUT2D eigenvalue weighted by Crippen LogP contribution is 2.39. The Balaban J connectivity index is 1.49. The van der Waals surface area contributed by atoms with E-state index in [1.165, 1.54) is 23.5 Å². The van der Waals surface area contributed by atoms with Gasteiger partial charge in [0.15, 0.2) is 0 Å². The van der Waals surface area contributed by atoms with Crippen molar-refractivity contribution in [3.8, 4) is 10.4 Å². The molecule has 0 saturated carbocycles. The van der Waals surface area contributed by atoms with Crippen molar-refractivity contribution in [2.45, 2.75) is 18.6 Å². The summed E-state index contributed by atoms with van der Waals surface area (Å²) in [7, 11) is 0. The maximum absolute atomic E-state index is 12.9. The number of nitrogens with zero attached hydrogens (tertiary/aromatic N) is 1. The van der Waals surface area contributed by atoms with E-state index in [1.807, 2.05) is 18.3 Å². The van der Waals surface area contributed by atoms with Crippen molar-refractivity contribution in [3.05, 3.63) is 75.3 Å². The molecule has 32 heavy (non-hydrogen) atoms. The van der Waals surface area contributed by atoms with Gasteiger partial charge in [-0.15, -0.1) is 11.3 Å². The Bertz CT molecular complexity index is 1250. The Morgan fingerprint density at radius 1 is 1.22 bits per heavy atom. The fourth-order valence-corrected chi connectivity index (χ4v) is 5.22. The number of rotatable bonds is 6. The monoisotopic (exact) mass is 522 g/mol. The van der Waals surface area contributed by atoms with Crippen LogP contribution in [0.5, 0.6) is 0 Å². The van der Waals surface area contributed by atoms with Crippen LogP contribution in [0.25, 0.3) is 21.5 Å². The number of H-pyrrole nitrogens is 1. The van der Waals surface area contributed by atoms with E-state index in [1.54, 1.807) is 12.3 Å². The topological polar surface area (TPSA) is 83.8 Å². The number of halogens is 4. The average Bonchev–Trinajstić information content (AvgIpc) is 3.39. The first-order chi connectivity index (χ1) is 15.3. The first-order valence-electron chi connectivity index (χ1n) is 9.65. The van der Waals surface area contributed by atoms with Gasteiger partial charge in [-0.25, -0.2) is 4.98 Å². The number of nitrogens with one attached hydrogen (secondary N) is 2. The molecule has 1 amide bonds. The highest BCUT2D eigenvalue weighted by molar-refractivity contribution is 9.10. The van der Waals surface area contributed by atoms with Crippen molar-refractivity contribution in [2.75, 3.05) is 6.54 Å². The van der Waals surface area contributed by atoms with E-state index >= 15 is 0 Å². The van der Waals surface area contributed by atoms with E-state index in [0.717, 1.165) is 38.1 Å². The second-order valence-electron chi connectivity index (χ2n) is 7.19. The number of thiophene rings is 1. The zero-order valence-corrected chi connectivity index (χ0v) is 18.9. The molecule has 1 aromatic carbocycles. The summed E-state index contributed by atoms with van der Waals surface area (Å²) < 4.78 is 39.0. The fraction of sp³-hybridized carbons (Fsp3) is 0.182. The molecule has 0 radical (unpaired) electrons. The fourth-order valence-electron chi connectivity index (χ4n) is 3.39. The quantitative estimate of drug-likeness (QED) is 0.318. The van der Waals surface area contributed by atoms with Crippen LogP contribution in [-0.4, -0.2) is 28.5 Å². The van der Waals surface area contributed by atoms with E-state index in [4.69, 9.17) is 5.73 Å². The van der Waals surface area contributed by atoms with Crippen molar-refractivity contribution in [2.24, 2.45) is 5.73 Å². The van der Waals surface area contributed by atoms with Gasteiger partial charge in [0.25, 0.3) is 5.91 Å². The minimum absolute atomic E-state index is 0.153. The average molecular weight is 523 g/mol. The van der Waals surface area contributed by atoms with Crippen LogP contribution >= 0.6 is 27.3 Å². The molecule has 0 saturated heterocycles. The summed E-state index contributed by atoms with van der Waals surface area (Å²) in [4.78, 5) is 21.6. The standard InChI is InChI=1S/C22H18BrF3N4OS/c23-17-10-18(32-19(17)15-5-7-28-20-16(15)6-8-29-20)21(31)30-14(11-27)9-12-1-3-13(4-2-12)22(24,25)26/h1-8,10,14H,9,11,27H2,(H,28,29)(H,30,31)/t14-/m1/s1. The van der Waals surface area contributed by atoms with Gasteiger partial charge in [-0.05, 0) is 58.2 Å². The maximum atomic E-state index is 12.9. The molecule has 0 aliphatic rings. The van der Waals surface area contributed by atoms with Crippen molar-refractivity contribution in [1.82, 2.24) is 15.3 Å². The number of carbonyl (C=O) groups is 1. The number of hydrogen-bond acceptors (Lipinski definition) is 4.